The van der Waals surface area contributed by atoms with Crippen LogP contribution in [0.4, 0.5) is 0 Å². The first-order valence-electron chi connectivity index (χ1n) is 7.64. The van der Waals surface area contributed by atoms with Crippen LogP contribution in [-0.4, -0.2) is 19.1 Å². The highest BCUT2D eigenvalue weighted by atomic mass is 14.9. The summed E-state index contributed by atoms with van der Waals surface area (Å²) in [6.45, 7) is 4.92. The van der Waals surface area contributed by atoms with Gasteiger partial charge in [0.15, 0.2) is 0 Å². The van der Waals surface area contributed by atoms with E-state index in [1.165, 1.54) is 70.9 Å². The molecule has 0 heterocycles. The molecule has 0 amide bonds. The van der Waals surface area contributed by atoms with Crippen molar-refractivity contribution in [1.82, 2.24) is 5.32 Å². The molecule has 2 heteroatoms. The molecule has 0 aromatic heterocycles. The van der Waals surface area contributed by atoms with E-state index in [9.17, 15) is 0 Å². The lowest BCUT2D eigenvalue weighted by molar-refractivity contribution is 0.199. The molecule has 2 aliphatic rings. The van der Waals surface area contributed by atoms with Gasteiger partial charge in [0.2, 0.25) is 0 Å². The first-order chi connectivity index (χ1) is 8.18. The van der Waals surface area contributed by atoms with E-state index in [-0.39, 0.29) is 0 Å². The van der Waals surface area contributed by atoms with Crippen molar-refractivity contribution < 1.29 is 0 Å². The van der Waals surface area contributed by atoms with Gasteiger partial charge >= 0.3 is 0 Å². The molecule has 0 saturated heterocycles. The van der Waals surface area contributed by atoms with Gasteiger partial charge in [-0.3, -0.25) is 0 Å². The summed E-state index contributed by atoms with van der Waals surface area (Å²) >= 11 is 0. The Morgan fingerprint density at radius 3 is 2.35 bits per heavy atom. The molecule has 100 valence electrons. The summed E-state index contributed by atoms with van der Waals surface area (Å²) in [7, 11) is 0. The Hall–Kier alpha value is -0.0800. The van der Waals surface area contributed by atoms with E-state index in [0.29, 0.717) is 11.5 Å². The normalized spacial score (nSPS) is 33.5. The summed E-state index contributed by atoms with van der Waals surface area (Å²) in [5.41, 5.74) is 6.53. The average Bonchev–Trinajstić information content (AvgIpc) is 2.32. The summed E-state index contributed by atoms with van der Waals surface area (Å²) in [6, 6.07) is 0.488. The van der Waals surface area contributed by atoms with Gasteiger partial charge in [-0.05, 0) is 56.4 Å². The zero-order valence-electron chi connectivity index (χ0n) is 11.5. The third-order valence-electron chi connectivity index (χ3n) is 4.94. The SMILES string of the molecule is CC1(CNCC2CCC(N)CC2)CCCCC1. The quantitative estimate of drug-likeness (QED) is 0.790. The maximum atomic E-state index is 5.94. The van der Waals surface area contributed by atoms with Crippen LogP contribution in [0.5, 0.6) is 0 Å². The fourth-order valence-electron chi connectivity index (χ4n) is 3.55. The standard InChI is InChI=1S/C15H30N2/c1-15(9-3-2-4-10-15)12-17-11-13-5-7-14(16)8-6-13/h13-14,17H,2-12,16H2,1H3. The van der Waals surface area contributed by atoms with E-state index in [4.69, 9.17) is 5.73 Å². The van der Waals surface area contributed by atoms with Gasteiger partial charge in [0.25, 0.3) is 0 Å². The Kier molecular flexibility index (Phi) is 4.87. The summed E-state index contributed by atoms with van der Waals surface area (Å²) in [6.07, 6.45) is 12.3. The van der Waals surface area contributed by atoms with Crippen LogP contribution in [0, 0.1) is 11.3 Å². The van der Waals surface area contributed by atoms with E-state index in [1.54, 1.807) is 0 Å². The Morgan fingerprint density at radius 1 is 1.06 bits per heavy atom. The Bertz CT molecular complexity index is 213. The molecule has 0 unspecified atom stereocenters. The number of rotatable bonds is 4. The van der Waals surface area contributed by atoms with Crippen LogP contribution in [0.1, 0.15) is 64.7 Å². The van der Waals surface area contributed by atoms with E-state index < -0.39 is 0 Å². The number of hydrogen-bond acceptors (Lipinski definition) is 2. The van der Waals surface area contributed by atoms with E-state index in [2.05, 4.69) is 12.2 Å². The van der Waals surface area contributed by atoms with Crippen molar-refractivity contribution in [2.24, 2.45) is 17.1 Å². The Morgan fingerprint density at radius 2 is 1.71 bits per heavy atom. The molecule has 2 rings (SSSR count). The maximum absolute atomic E-state index is 5.94. The summed E-state index contributed by atoms with van der Waals surface area (Å²) in [5.74, 6) is 0.891. The van der Waals surface area contributed by atoms with Crippen LogP contribution < -0.4 is 11.1 Å². The van der Waals surface area contributed by atoms with Crippen molar-refractivity contribution in [3.63, 3.8) is 0 Å². The Balaban J connectivity index is 1.62. The summed E-state index contributed by atoms with van der Waals surface area (Å²) < 4.78 is 0. The first-order valence-corrected chi connectivity index (χ1v) is 7.64. The summed E-state index contributed by atoms with van der Waals surface area (Å²) in [4.78, 5) is 0. The minimum absolute atomic E-state index is 0.488. The molecular formula is C15H30N2. The third-order valence-corrected chi connectivity index (χ3v) is 4.94. The van der Waals surface area contributed by atoms with E-state index >= 15 is 0 Å². The number of nitrogens with two attached hydrogens (primary N) is 1. The fourth-order valence-corrected chi connectivity index (χ4v) is 3.55. The minimum Gasteiger partial charge on any atom is -0.328 e. The van der Waals surface area contributed by atoms with Crippen LogP contribution in [0.25, 0.3) is 0 Å². The second kappa shape index (κ2) is 6.19. The smallest absolute Gasteiger partial charge is 0.00390 e. The van der Waals surface area contributed by atoms with Crippen LogP contribution in [-0.2, 0) is 0 Å². The lowest BCUT2D eigenvalue weighted by Crippen LogP contribution is -2.37. The highest BCUT2D eigenvalue weighted by molar-refractivity contribution is 4.82. The van der Waals surface area contributed by atoms with Crippen molar-refractivity contribution in [1.29, 1.82) is 0 Å². The van der Waals surface area contributed by atoms with Gasteiger partial charge in [0.1, 0.15) is 0 Å². The zero-order chi connectivity index (χ0) is 12.1. The van der Waals surface area contributed by atoms with Crippen LogP contribution in [0.2, 0.25) is 0 Å². The third kappa shape index (κ3) is 4.26. The van der Waals surface area contributed by atoms with Crippen LogP contribution >= 0.6 is 0 Å². The maximum Gasteiger partial charge on any atom is 0.00390 e. The van der Waals surface area contributed by atoms with Crippen molar-refractivity contribution in [3.05, 3.63) is 0 Å². The molecule has 0 spiro atoms. The second-order valence-corrected chi connectivity index (χ2v) is 6.78. The molecule has 0 aliphatic heterocycles. The van der Waals surface area contributed by atoms with Gasteiger partial charge in [-0.1, -0.05) is 26.2 Å². The number of hydrogen-bond donors (Lipinski definition) is 2. The molecule has 0 aromatic carbocycles. The number of nitrogens with one attached hydrogen (secondary N) is 1. The molecule has 0 aromatic rings. The van der Waals surface area contributed by atoms with Crippen molar-refractivity contribution in [2.45, 2.75) is 70.8 Å². The van der Waals surface area contributed by atoms with Gasteiger partial charge in [0, 0.05) is 12.6 Å². The largest absolute Gasteiger partial charge is 0.328 e. The lowest BCUT2D eigenvalue weighted by atomic mass is 9.75. The van der Waals surface area contributed by atoms with Gasteiger partial charge in [0.05, 0.1) is 0 Å². The van der Waals surface area contributed by atoms with Crippen LogP contribution in [0.3, 0.4) is 0 Å². The van der Waals surface area contributed by atoms with E-state index in [1.807, 2.05) is 0 Å². The molecule has 17 heavy (non-hydrogen) atoms. The molecule has 3 N–H and O–H groups in total. The minimum atomic E-state index is 0.488. The molecule has 2 nitrogen and oxygen atoms in total. The predicted molar refractivity (Wildman–Crippen MR) is 74.0 cm³/mol. The van der Waals surface area contributed by atoms with Gasteiger partial charge < -0.3 is 11.1 Å². The van der Waals surface area contributed by atoms with Gasteiger partial charge in [-0.15, -0.1) is 0 Å². The lowest BCUT2D eigenvalue weighted by Gasteiger charge is -2.35. The van der Waals surface area contributed by atoms with Gasteiger partial charge in [-0.2, -0.15) is 0 Å². The monoisotopic (exact) mass is 238 g/mol. The fraction of sp³-hybridized carbons (Fsp3) is 1.00. The second-order valence-electron chi connectivity index (χ2n) is 6.78. The van der Waals surface area contributed by atoms with Crippen molar-refractivity contribution >= 4 is 0 Å². The van der Waals surface area contributed by atoms with Crippen LogP contribution in [0.15, 0.2) is 0 Å². The highest BCUT2D eigenvalue weighted by Crippen LogP contribution is 2.35. The zero-order valence-corrected chi connectivity index (χ0v) is 11.5. The molecule has 0 bridgehead atoms. The molecule has 2 fully saturated rings. The van der Waals surface area contributed by atoms with Crippen molar-refractivity contribution in [3.8, 4) is 0 Å². The topological polar surface area (TPSA) is 38.0 Å². The molecular weight excluding hydrogens is 208 g/mol. The predicted octanol–water partition coefficient (Wildman–Crippen LogP) is 3.06. The molecule has 0 radical (unpaired) electrons. The first kappa shape index (κ1) is 13.4. The van der Waals surface area contributed by atoms with Gasteiger partial charge in [-0.25, -0.2) is 0 Å². The molecule has 0 atom stereocenters. The Labute approximate surface area is 107 Å². The van der Waals surface area contributed by atoms with Crippen molar-refractivity contribution in [2.75, 3.05) is 13.1 Å². The average molecular weight is 238 g/mol. The van der Waals surface area contributed by atoms with E-state index in [0.717, 1.165) is 5.92 Å². The molecule has 2 saturated carbocycles. The molecule has 2 aliphatic carbocycles. The summed E-state index contributed by atoms with van der Waals surface area (Å²) in [5, 5.41) is 3.74. The highest BCUT2D eigenvalue weighted by Gasteiger charge is 2.26.